The van der Waals surface area contributed by atoms with E-state index < -0.39 is 29.8 Å². The van der Waals surface area contributed by atoms with E-state index in [1.807, 2.05) is 13.8 Å². The van der Waals surface area contributed by atoms with E-state index in [2.05, 4.69) is 10.3 Å². The summed E-state index contributed by atoms with van der Waals surface area (Å²) in [5, 5.41) is 2.70. The van der Waals surface area contributed by atoms with E-state index in [0.717, 1.165) is 6.07 Å². The molecular weight excluding hydrogens is 373 g/mol. The van der Waals surface area contributed by atoms with Crippen LogP contribution in [-0.2, 0) is 17.5 Å². The van der Waals surface area contributed by atoms with E-state index >= 15 is 0 Å². The lowest BCUT2D eigenvalue weighted by Crippen LogP contribution is -2.39. The summed E-state index contributed by atoms with van der Waals surface area (Å²) < 4.78 is 51.0. The van der Waals surface area contributed by atoms with Crippen LogP contribution in [0.15, 0.2) is 46.0 Å². The summed E-state index contributed by atoms with van der Waals surface area (Å²) in [7, 11) is 0. The highest BCUT2D eigenvalue weighted by atomic mass is 19.4. The van der Waals surface area contributed by atoms with E-state index in [4.69, 9.17) is 9.15 Å². The number of carbonyl (C=O) groups is 1. The number of hydrogen-bond donors (Lipinski definition) is 1. The lowest BCUT2D eigenvalue weighted by molar-refractivity contribution is -0.138. The van der Waals surface area contributed by atoms with Crippen molar-refractivity contribution in [3.05, 3.63) is 53.5 Å². The van der Waals surface area contributed by atoms with Crippen LogP contribution >= 0.6 is 0 Å². The zero-order valence-electron chi connectivity index (χ0n) is 15.5. The minimum absolute atomic E-state index is 0.00414. The SMILES string of the molecule is CC(C)CC(Oc1ccc(C2C=N2)c(C(F)(F)F)c1)C(=O)NCc1ccco1. The first-order chi connectivity index (χ1) is 13.2. The maximum absolute atomic E-state index is 13.4. The molecule has 0 saturated carbocycles. The molecule has 1 aliphatic rings. The third kappa shape index (κ3) is 5.15. The van der Waals surface area contributed by atoms with Gasteiger partial charge in [0.15, 0.2) is 6.10 Å². The van der Waals surface area contributed by atoms with Crippen LogP contribution in [0.2, 0.25) is 0 Å². The molecule has 1 amide bonds. The molecular formula is C20H21F3N2O3. The lowest BCUT2D eigenvalue weighted by atomic mass is 10.0. The van der Waals surface area contributed by atoms with Crippen molar-refractivity contribution < 1.29 is 27.1 Å². The minimum atomic E-state index is -4.53. The number of hydrogen-bond acceptors (Lipinski definition) is 4. The lowest BCUT2D eigenvalue weighted by Gasteiger charge is -2.21. The van der Waals surface area contributed by atoms with Crippen molar-refractivity contribution in [3.63, 3.8) is 0 Å². The number of ether oxygens (including phenoxy) is 1. The van der Waals surface area contributed by atoms with Gasteiger partial charge in [-0.2, -0.15) is 13.2 Å². The fourth-order valence-electron chi connectivity index (χ4n) is 2.82. The average Bonchev–Trinajstić information content (AvgIpc) is 3.33. The minimum Gasteiger partial charge on any atom is -0.481 e. The second-order valence-electron chi connectivity index (χ2n) is 7.02. The number of benzene rings is 1. The summed E-state index contributed by atoms with van der Waals surface area (Å²) in [6.45, 7) is 3.99. The van der Waals surface area contributed by atoms with Crippen molar-refractivity contribution in [3.8, 4) is 5.75 Å². The third-order valence-electron chi connectivity index (χ3n) is 4.22. The second kappa shape index (κ2) is 8.08. The molecule has 0 aliphatic carbocycles. The number of halogens is 3. The van der Waals surface area contributed by atoms with E-state index in [0.29, 0.717) is 12.2 Å². The van der Waals surface area contributed by atoms with E-state index in [1.165, 1.54) is 24.6 Å². The average molecular weight is 394 g/mol. The molecule has 1 aliphatic heterocycles. The van der Waals surface area contributed by atoms with Gasteiger partial charge in [-0.25, -0.2) is 0 Å². The Hall–Kier alpha value is -2.77. The molecule has 0 radical (unpaired) electrons. The molecule has 2 aromatic rings. The first kappa shape index (κ1) is 20.0. The molecule has 2 unspecified atom stereocenters. The highest BCUT2D eigenvalue weighted by Gasteiger charge is 2.37. The van der Waals surface area contributed by atoms with Gasteiger partial charge in [-0.1, -0.05) is 19.9 Å². The first-order valence-electron chi connectivity index (χ1n) is 8.95. The Morgan fingerprint density at radius 2 is 2.07 bits per heavy atom. The molecule has 1 aromatic carbocycles. The summed E-state index contributed by atoms with van der Waals surface area (Å²) in [6, 6.07) is 6.61. The van der Waals surface area contributed by atoms with Crippen LogP contribution in [0.25, 0.3) is 0 Å². The fourth-order valence-corrected chi connectivity index (χ4v) is 2.82. The number of amides is 1. The monoisotopic (exact) mass is 394 g/mol. The Balaban J connectivity index is 1.75. The number of nitrogens with one attached hydrogen (secondary N) is 1. The van der Waals surface area contributed by atoms with Crippen molar-refractivity contribution in [2.45, 2.75) is 45.1 Å². The molecule has 2 atom stereocenters. The van der Waals surface area contributed by atoms with Crippen molar-refractivity contribution in [2.75, 3.05) is 0 Å². The molecule has 150 valence electrons. The Bertz CT molecular complexity index is 839. The van der Waals surface area contributed by atoms with Crippen LogP contribution in [0, 0.1) is 5.92 Å². The standard InChI is InChI=1S/C20H21F3N2O3/c1-12(2)8-18(19(26)25-10-14-4-3-7-27-14)28-13-5-6-15(17-11-24-17)16(9-13)20(21,22)23/h3-7,9,11-12,17-18H,8,10H2,1-2H3,(H,25,26). The predicted molar refractivity (Wildman–Crippen MR) is 97.1 cm³/mol. The quantitative estimate of drug-likeness (QED) is 0.715. The van der Waals surface area contributed by atoms with Gasteiger partial charge in [0.1, 0.15) is 17.6 Å². The number of aliphatic imine (C=N–C) groups is 1. The smallest absolute Gasteiger partial charge is 0.416 e. The number of furan rings is 1. The zero-order chi connectivity index (χ0) is 20.3. The Labute approximate surface area is 160 Å². The normalized spacial score (nSPS) is 16.9. The molecule has 28 heavy (non-hydrogen) atoms. The molecule has 0 spiro atoms. The van der Waals surface area contributed by atoms with E-state index in [9.17, 15) is 18.0 Å². The molecule has 0 fully saturated rings. The van der Waals surface area contributed by atoms with Gasteiger partial charge >= 0.3 is 6.18 Å². The molecule has 8 heteroatoms. The van der Waals surface area contributed by atoms with Gasteiger partial charge in [0, 0.05) is 6.21 Å². The number of alkyl halides is 3. The van der Waals surface area contributed by atoms with Crippen molar-refractivity contribution in [1.82, 2.24) is 5.32 Å². The zero-order valence-corrected chi connectivity index (χ0v) is 15.5. The molecule has 5 nitrogen and oxygen atoms in total. The molecule has 0 saturated heterocycles. The Morgan fingerprint density at radius 3 is 2.64 bits per heavy atom. The van der Waals surface area contributed by atoms with Crippen LogP contribution in [0.3, 0.4) is 0 Å². The van der Waals surface area contributed by atoms with Crippen LogP contribution in [-0.4, -0.2) is 18.2 Å². The van der Waals surface area contributed by atoms with Crippen molar-refractivity contribution >= 4 is 12.1 Å². The molecule has 3 rings (SSSR count). The highest BCUT2D eigenvalue weighted by molar-refractivity contribution is 5.81. The number of carbonyl (C=O) groups excluding carboxylic acids is 1. The molecule has 0 bridgehead atoms. The third-order valence-corrected chi connectivity index (χ3v) is 4.22. The van der Waals surface area contributed by atoms with Crippen LogP contribution < -0.4 is 10.1 Å². The topological polar surface area (TPSA) is 63.8 Å². The summed E-state index contributed by atoms with van der Waals surface area (Å²) in [5.74, 6) is 0.272. The fraction of sp³-hybridized carbons (Fsp3) is 0.400. The van der Waals surface area contributed by atoms with Crippen molar-refractivity contribution in [1.29, 1.82) is 0 Å². The molecule has 2 heterocycles. The van der Waals surface area contributed by atoms with Crippen molar-refractivity contribution in [2.24, 2.45) is 10.9 Å². The summed E-state index contributed by atoms with van der Waals surface area (Å²) in [4.78, 5) is 16.3. The van der Waals surface area contributed by atoms with Gasteiger partial charge in [-0.3, -0.25) is 9.79 Å². The van der Waals surface area contributed by atoms with Gasteiger partial charge in [-0.05, 0) is 42.2 Å². The summed E-state index contributed by atoms with van der Waals surface area (Å²) in [5.41, 5.74) is -0.714. The van der Waals surface area contributed by atoms with Gasteiger partial charge in [0.2, 0.25) is 0 Å². The number of nitrogens with zero attached hydrogens (tertiary/aromatic N) is 1. The van der Waals surface area contributed by atoms with Gasteiger partial charge in [0.25, 0.3) is 5.91 Å². The molecule has 1 aromatic heterocycles. The summed E-state index contributed by atoms with van der Waals surface area (Å²) >= 11 is 0. The Morgan fingerprint density at radius 1 is 1.32 bits per heavy atom. The summed E-state index contributed by atoms with van der Waals surface area (Å²) in [6.07, 6.45) is -2.14. The number of rotatable bonds is 8. The highest BCUT2D eigenvalue weighted by Crippen LogP contribution is 2.40. The van der Waals surface area contributed by atoms with Crippen LogP contribution in [0.1, 0.15) is 43.2 Å². The first-order valence-corrected chi connectivity index (χ1v) is 8.95. The van der Waals surface area contributed by atoms with Gasteiger partial charge in [-0.15, -0.1) is 0 Å². The second-order valence-corrected chi connectivity index (χ2v) is 7.02. The molecule has 1 N–H and O–H groups in total. The van der Waals surface area contributed by atoms with Gasteiger partial charge in [0.05, 0.1) is 18.4 Å². The van der Waals surface area contributed by atoms with Gasteiger partial charge < -0.3 is 14.5 Å². The van der Waals surface area contributed by atoms with E-state index in [1.54, 1.807) is 12.1 Å². The van der Waals surface area contributed by atoms with Crippen LogP contribution in [0.5, 0.6) is 5.75 Å². The van der Waals surface area contributed by atoms with Crippen LogP contribution in [0.4, 0.5) is 13.2 Å². The van der Waals surface area contributed by atoms with E-state index in [-0.39, 0.29) is 23.8 Å². The maximum Gasteiger partial charge on any atom is 0.416 e. The predicted octanol–water partition coefficient (Wildman–Crippen LogP) is 4.53. The largest absolute Gasteiger partial charge is 0.481 e. The maximum atomic E-state index is 13.4. The Kier molecular flexibility index (Phi) is 5.76.